The molecule has 7 heteroatoms. The van der Waals surface area contributed by atoms with Crippen molar-refractivity contribution in [2.45, 2.75) is 45.1 Å². The summed E-state index contributed by atoms with van der Waals surface area (Å²) in [6.45, 7) is 4.19. The lowest BCUT2D eigenvalue weighted by Gasteiger charge is -2.29. The highest BCUT2D eigenvalue weighted by atomic mass is 16.5. The topological polar surface area (TPSA) is 75.1 Å². The molecule has 2 aromatic heterocycles. The molecule has 1 saturated heterocycles. The van der Waals surface area contributed by atoms with E-state index in [1.54, 1.807) is 6.26 Å². The van der Waals surface area contributed by atoms with Crippen LogP contribution < -0.4 is 4.90 Å². The number of nitrogens with zero attached hydrogens (tertiary/aromatic N) is 3. The zero-order chi connectivity index (χ0) is 25.3. The summed E-state index contributed by atoms with van der Waals surface area (Å²) in [4.78, 5) is 4.49. The fourth-order valence-corrected chi connectivity index (χ4v) is 4.88. The lowest BCUT2D eigenvalue weighted by Crippen LogP contribution is -2.35. The van der Waals surface area contributed by atoms with E-state index in [0.29, 0.717) is 26.2 Å². The summed E-state index contributed by atoms with van der Waals surface area (Å²) in [5.41, 5.74) is 4.00. The number of hydrogen-bond donors (Lipinski definition) is 1. The largest absolute Gasteiger partial charge is 0.468 e. The molecule has 1 aliphatic heterocycles. The summed E-state index contributed by atoms with van der Waals surface area (Å²) in [5.74, 6) is 1.67. The third kappa shape index (κ3) is 6.89. The Hall–Kier alpha value is -3.39. The maximum absolute atomic E-state index is 10.9. The predicted octanol–water partition coefficient (Wildman–Crippen LogP) is 5.50. The van der Waals surface area contributed by atoms with Gasteiger partial charge in [0.1, 0.15) is 11.5 Å². The minimum Gasteiger partial charge on any atom is -0.468 e. The van der Waals surface area contributed by atoms with Gasteiger partial charge in [-0.25, -0.2) is 0 Å². The molecule has 0 saturated carbocycles. The molecule has 1 aliphatic rings. The van der Waals surface area contributed by atoms with Crippen molar-refractivity contribution >= 4 is 5.88 Å². The zero-order valence-electron chi connectivity index (χ0n) is 21.2. The molecule has 5 rings (SSSR count). The molecular weight excluding hydrogens is 466 g/mol. The molecule has 1 N–H and O–H groups in total. The Labute approximate surface area is 218 Å². The highest BCUT2D eigenvalue weighted by molar-refractivity contribution is 5.68. The van der Waals surface area contributed by atoms with Gasteiger partial charge in [0, 0.05) is 31.7 Å². The van der Waals surface area contributed by atoms with Crippen LogP contribution in [0.4, 0.5) is 5.88 Å². The number of furan rings is 1. The van der Waals surface area contributed by atoms with Crippen molar-refractivity contribution in [3.05, 3.63) is 95.9 Å². The van der Waals surface area contributed by atoms with E-state index in [-0.39, 0.29) is 6.61 Å². The Morgan fingerprint density at radius 3 is 2.41 bits per heavy atom. The standard InChI is InChI=1S/C30H35N3O4/c34-26(23-35-22-24-11-4-1-5-12-24)19-32(20-27-15-10-18-36-27)21-28-29(25-13-6-2-7-14-25)31-37-30(28)33-16-8-3-9-17-33/h1-2,4-7,10-15,18,26,34H,3,8-9,16-17,19-23H2/t26-/m0/s1. The van der Waals surface area contributed by atoms with Crippen LogP contribution >= 0.6 is 0 Å². The molecule has 1 fully saturated rings. The Kier molecular flexibility index (Phi) is 8.69. The molecule has 0 bridgehead atoms. The van der Waals surface area contributed by atoms with Crippen molar-refractivity contribution in [3.8, 4) is 11.3 Å². The van der Waals surface area contributed by atoms with Crippen molar-refractivity contribution < 1.29 is 18.8 Å². The number of ether oxygens (including phenoxy) is 1. The Morgan fingerprint density at radius 1 is 0.919 bits per heavy atom. The van der Waals surface area contributed by atoms with Crippen molar-refractivity contribution in [1.82, 2.24) is 10.1 Å². The number of hydrogen-bond acceptors (Lipinski definition) is 7. The Balaban J connectivity index is 1.34. The van der Waals surface area contributed by atoms with Gasteiger partial charge in [-0.2, -0.15) is 0 Å². The van der Waals surface area contributed by atoms with Crippen LogP contribution in [0, 0.1) is 0 Å². The van der Waals surface area contributed by atoms with Crippen LogP contribution in [0.15, 0.2) is 88.0 Å². The number of rotatable bonds is 12. The molecule has 0 spiro atoms. The van der Waals surface area contributed by atoms with E-state index in [0.717, 1.165) is 60.0 Å². The Morgan fingerprint density at radius 2 is 1.68 bits per heavy atom. The van der Waals surface area contributed by atoms with Crippen molar-refractivity contribution in [1.29, 1.82) is 0 Å². The average molecular weight is 502 g/mol. The van der Waals surface area contributed by atoms with E-state index in [1.807, 2.05) is 60.7 Å². The Bertz CT molecular complexity index is 1190. The summed E-state index contributed by atoms with van der Waals surface area (Å²) in [6.07, 6.45) is 4.56. The van der Waals surface area contributed by atoms with Gasteiger partial charge in [-0.05, 0) is 37.0 Å². The van der Waals surface area contributed by atoms with Gasteiger partial charge in [0.2, 0.25) is 5.88 Å². The summed E-state index contributed by atoms with van der Waals surface area (Å²) in [7, 11) is 0. The normalized spacial score (nSPS) is 14.8. The SMILES string of the molecule is O[C@H](COCc1ccccc1)CN(Cc1ccco1)Cc1c(-c2ccccc2)noc1N1CCCCC1. The average Bonchev–Trinajstić information content (AvgIpc) is 3.60. The number of benzene rings is 2. The van der Waals surface area contributed by atoms with Gasteiger partial charge < -0.3 is 23.7 Å². The minimum absolute atomic E-state index is 0.248. The fraction of sp³-hybridized carbons (Fsp3) is 0.367. The number of anilines is 1. The van der Waals surface area contributed by atoms with Crippen LogP contribution in [0.2, 0.25) is 0 Å². The highest BCUT2D eigenvalue weighted by Gasteiger charge is 2.26. The van der Waals surface area contributed by atoms with Crippen molar-refractivity contribution in [2.75, 3.05) is 31.1 Å². The second kappa shape index (κ2) is 12.7. The summed E-state index contributed by atoms with van der Waals surface area (Å²) >= 11 is 0. The van der Waals surface area contributed by atoms with E-state index >= 15 is 0 Å². The van der Waals surface area contributed by atoms with E-state index in [2.05, 4.69) is 27.1 Å². The fourth-order valence-electron chi connectivity index (χ4n) is 4.88. The van der Waals surface area contributed by atoms with Gasteiger partial charge in [-0.3, -0.25) is 4.90 Å². The lowest BCUT2D eigenvalue weighted by atomic mass is 10.1. The van der Waals surface area contributed by atoms with Crippen molar-refractivity contribution in [3.63, 3.8) is 0 Å². The second-order valence-electron chi connectivity index (χ2n) is 9.63. The molecule has 0 unspecified atom stereocenters. The van der Waals surface area contributed by atoms with Crippen LogP contribution in [-0.2, 0) is 24.4 Å². The molecule has 0 amide bonds. The van der Waals surface area contributed by atoms with E-state index < -0.39 is 6.10 Å². The van der Waals surface area contributed by atoms with Gasteiger partial charge >= 0.3 is 0 Å². The number of aliphatic hydroxyl groups excluding tert-OH is 1. The quantitative estimate of drug-likeness (QED) is 0.275. The monoisotopic (exact) mass is 501 g/mol. The smallest absolute Gasteiger partial charge is 0.232 e. The summed E-state index contributed by atoms with van der Waals surface area (Å²) in [5, 5.41) is 15.4. The number of aromatic nitrogens is 1. The van der Waals surface area contributed by atoms with Gasteiger partial charge in [-0.15, -0.1) is 0 Å². The molecule has 0 radical (unpaired) electrons. The van der Waals surface area contributed by atoms with Gasteiger partial charge in [-0.1, -0.05) is 65.8 Å². The molecule has 3 heterocycles. The maximum Gasteiger partial charge on any atom is 0.232 e. The van der Waals surface area contributed by atoms with Crippen molar-refractivity contribution in [2.24, 2.45) is 0 Å². The van der Waals surface area contributed by atoms with Crippen LogP contribution in [0.1, 0.15) is 36.1 Å². The maximum atomic E-state index is 10.9. The second-order valence-corrected chi connectivity index (χ2v) is 9.63. The molecule has 4 aromatic rings. The van der Waals surface area contributed by atoms with Crippen LogP contribution in [0.3, 0.4) is 0 Å². The first-order valence-corrected chi connectivity index (χ1v) is 13.1. The minimum atomic E-state index is -0.655. The highest BCUT2D eigenvalue weighted by Crippen LogP contribution is 2.34. The third-order valence-electron chi connectivity index (χ3n) is 6.69. The predicted molar refractivity (Wildman–Crippen MR) is 143 cm³/mol. The van der Waals surface area contributed by atoms with E-state index in [1.165, 1.54) is 6.42 Å². The van der Waals surface area contributed by atoms with E-state index in [4.69, 9.17) is 13.7 Å². The summed E-state index contributed by atoms with van der Waals surface area (Å²) in [6, 6.07) is 24.0. The third-order valence-corrected chi connectivity index (χ3v) is 6.69. The van der Waals surface area contributed by atoms with Crippen LogP contribution in [0.25, 0.3) is 11.3 Å². The van der Waals surface area contributed by atoms with Crippen LogP contribution in [0.5, 0.6) is 0 Å². The van der Waals surface area contributed by atoms with Gasteiger partial charge in [0.25, 0.3) is 0 Å². The first-order valence-electron chi connectivity index (χ1n) is 13.1. The lowest BCUT2D eigenvalue weighted by molar-refractivity contribution is 0.00615. The van der Waals surface area contributed by atoms with E-state index in [9.17, 15) is 5.11 Å². The summed E-state index contributed by atoms with van der Waals surface area (Å²) < 4.78 is 17.5. The van der Waals surface area contributed by atoms with Gasteiger partial charge in [0.15, 0.2) is 0 Å². The first-order chi connectivity index (χ1) is 18.3. The molecule has 37 heavy (non-hydrogen) atoms. The molecule has 2 aromatic carbocycles. The number of aliphatic hydroxyl groups is 1. The molecule has 1 atom stereocenters. The molecule has 0 aliphatic carbocycles. The van der Waals surface area contributed by atoms with Crippen LogP contribution in [-0.4, -0.2) is 47.5 Å². The molecule has 7 nitrogen and oxygen atoms in total. The molecular formula is C30H35N3O4. The molecule has 194 valence electrons. The first kappa shape index (κ1) is 25.3. The van der Waals surface area contributed by atoms with Gasteiger partial charge in [0.05, 0.1) is 37.7 Å². The zero-order valence-corrected chi connectivity index (χ0v) is 21.2. The number of piperidine rings is 1.